The molecule has 13 heavy (non-hydrogen) atoms. The number of amides is 1. The average molecular weight is 192 g/mol. The minimum Gasteiger partial charge on any atom is -0.387 e. The first-order chi connectivity index (χ1) is 5.91. The van der Waals surface area contributed by atoms with E-state index in [-0.39, 0.29) is 6.29 Å². The Morgan fingerprint density at radius 2 is 1.62 bits per heavy atom. The van der Waals surface area contributed by atoms with Gasteiger partial charge in [-0.25, -0.2) is 0 Å². The molecule has 75 valence electrons. The lowest BCUT2D eigenvalue weighted by Gasteiger charge is -2.21. The Morgan fingerprint density at radius 3 is 1.92 bits per heavy atom. The fraction of sp³-hybridized carbons (Fsp3) is 0.667. The lowest BCUT2D eigenvalue weighted by atomic mass is 10.0. The molecule has 0 aliphatic carbocycles. The maximum Gasteiger partial charge on any atom is 0.270 e. The van der Waals surface area contributed by atoms with E-state index in [1.165, 1.54) is 0 Å². The lowest BCUT2D eigenvalue weighted by Crippen LogP contribution is -2.48. The third kappa shape index (κ3) is 3.07. The highest BCUT2D eigenvalue weighted by Gasteiger charge is 2.33. The molecule has 0 heterocycles. The van der Waals surface area contributed by atoms with Crippen LogP contribution in [0.5, 0.6) is 0 Å². The molecule has 0 aromatic rings. The lowest BCUT2D eigenvalue weighted by molar-refractivity contribution is -0.148. The quantitative estimate of drug-likeness (QED) is 0.332. The molecule has 0 unspecified atom stereocenters. The van der Waals surface area contributed by atoms with Crippen LogP contribution in [0.15, 0.2) is 0 Å². The molecule has 7 nitrogen and oxygen atoms in total. The smallest absolute Gasteiger partial charge is 0.270 e. The van der Waals surface area contributed by atoms with E-state index in [1.807, 2.05) is 0 Å². The summed E-state index contributed by atoms with van der Waals surface area (Å²) in [6.45, 7) is 0. The Morgan fingerprint density at radius 1 is 1.15 bits per heavy atom. The maximum absolute atomic E-state index is 10.2. The zero-order valence-corrected chi connectivity index (χ0v) is 6.49. The Kier molecular flexibility index (Phi) is 4.49. The van der Waals surface area contributed by atoms with Crippen LogP contribution in [0.2, 0.25) is 0 Å². The van der Waals surface area contributed by atoms with E-state index < -0.39 is 30.3 Å². The average Bonchev–Trinajstić information content (AvgIpc) is 2.12. The van der Waals surface area contributed by atoms with E-state index in [1.54, 1.807) is 0 Å². The first-order valence-corrected chi connectivity index (χ1v) is 3.34. The van der Waals surface area contributed by atoms with Crippen LogP contribution in [0, 0.1) is 0 Å². The monoisotopic (exact) mass is 192 g/mol. The standard InChI is InChI=1S/C6H10NO6/c7-6(13)5(12)4(11)3(10)2(9)1-8/h1-5,7,9-12H/t2-,3+,4-,5-/m0/s1. The number of aldehydes is 1. The predicted octanol–water partition coefficient (Wildman–Crippen LogP) is -3.56. The van der Waals surface area contributed by atoms with Gasteiger partial charge in [-0.15, -0.1) is 0 Å². The van der Waals surface area contributed by atoms with Crippen LogP contribution in [-0.4, -0.2) is 57.0 Å². The number of nitrogens with one attached hydrogen (secondary N) is 1. The van der Waals surface area contributed by atoms with Crippen molar-refractivity contribution >= 4 is 12.2 Å². The molecule has 7 heteroatoms. The third-order valence-electron chi connectivity index (χ3n) is 1.43. The molecule has 0 aliphatic rings. The van der Waals surface area contributed by atoms with Crippen molar-refractivity contribution in [1.82, 2.24) is 5.73 Å². The molecule has 0 fully saturated rings. The Labute approximate surface area is 73.4 Å². The Balaban J connectivity index is 4.32. The van der Waals surface area contributed by atoms with Gasteiger partial charge in [-0.3, -0.25) is 10.5 Å². The first kappa shape index (κ1) is 12.0. The molecule has 0 spiro atoms. The molecular weight excluding hydrogens is 182 g/mol. The second-order valence-electron chi connectivity index (χ2n) is 2.42. The summed E-state index contributed by atoms with van der Waals surface area (Å²) in [7, 11) is 0. The van der Waals surface area contributed by atoms with Crippen molar-refractivity contribution in [2.45, 2.75) is 24.4 Å². The van der Waals surface area contributed by atoms with Gasteiger partial charge in [0, 0.05) is 0 Å². The molecule has 1 amide bonds. The minimum absolute atomic E-state index is 0.0605. The topological polar surface area (TPSA) is 139 Å². The Hall–Kier alpha value is -1.02. The van der Waals surface area contributed by atoms with Crippen molar-refractivity contribution in [3.05, 3.63) is 0 Å². The van der Waals surface area contributed by atoms with Gasteiger partial charge in [0.1, 0.15) is 18.3 Å². The number of rotatable bonds is 5. The summed E-state index contributed by atoms with van der Waals surface area (Å²) in [5.41, 5.74) is 6.38. The fourth-order valence-electron chi connectivity index (χ4n) is 0.624. The Bertz CT molecular complexity index is 196. The highest BCUT2D eigenvalue weighted by atomic mass is 16.4. The number of carbonyl (C=O) groups excluding carboxylic acids is 2. The van der Waals surface area contributed by atoms with Crippen LogP contribution in [0.25, 0.3) is 0 Å². The highest BCUT2D eigenvalue weighted by molar-refractivity contribution is 5.78. The van der Waals surface area contributed by atoms with Crippen LogP contribution in [0.3, 0.4) is 0 Å². The predicted molar refractivity (Wildman–Crippen MR) is 38.2 cm³/mol. The summed E-state index contributed by atoms with van der Waals surface area (Å²) in [6, 6.07) is 0. The summed E-state index contributed by atoms with van der Waals surface area (Å²) in [5, 5.41) is 35.2. The van der Waals surface area contributed by atoms with Crippen LogP contribution >= 0.6 is 0 Å². The summed E-state index contributed by atoms with van der Waals surface area (Å²) in [6.07, 6.45) is -8.13. The van der Waals surface area contributed by atoms with Crippen LogP contribution < -0.4 is 5.73 Å². The zero-order valence-electron chi connectivity index (χ0n) is 6.49. The van der Waals surface area contributed by atoms with E-state index in [0.29, 0.717) is 0 Å². The van der Waals surface area contributed by atoms with Gasteiger partial charge in [0.25, 0.3) is 5.91 Å². The summed E-state index contributed by atoms with van der Waals surface area (Å²) >= 11 is 0. The van der Waals surface area contributed by atoms with E-state index >= 15 is 0 Å². The zero-order chi connectivity index (χ0) is 10.6. The number of carbonyl (C=O) groups is 2. The molecule has 0 saturated heterocycles. The molecule has 0 rings (SSSR count). The second-order valence-corrected chi connectivity index (χ2v) is 2.42. The van der Waals surface area contributed by atoms with Gasteiger partial charge in [0.2, 0.25) is 0 Å². The summed E-state index contributed by atoms with van der Waals surface area (Å²) in [5.74, 6) is -1.51. The third-order valence-corrected chi connectivity index (χ3v) is 1.43. The van der Waals surface area contributed by atoms with Crippen molar-refractivity contribution < 1.29 is 30.0 Å². The molecule has 0 aliphatic heterocycles. The fourth-order valence-corrected chi connectivity index (χ4v) is 0.624. The first-order valence-electron chi connectivity index (χ1n) is 3.34. The maximum atomic E-state index is 10.2. The van der Waals surface area contributed by atoms with Crippen molar-refractivity contribution in [3.8, 4) is 0 Å². The highest BCUT2D eigenvalue weighted by Crippen LogP contribution is 2.03. The number of hydrogen-bond donors (Lipinski definition) is 4. The van der Waals surface area contributed by atoms with Gasteiger partial charge >= 0.3 is 0 Å². The van der Waals surface area contributed by atoms with Gasteiger partial charge in [0.15, 0.2) is 12.4 Å². The van der Waals surface area contributed by atoms with Gasteiger partial charge in [-0.2, -0.15) is 0 Å². The summed E-state index contributed by atoms with van der Waals surface area (Å²) < 4.78 is 0. The molecule has 4 atom stereocenters. The minimum atomic E-state index is -2.13. The van der Waals surface area contributed by atoms with Gasteiger partial charge in [-0.05, 0) is 0 Å². The molecule has 0 aromatic carbocycles. The molecule has 0 aromatic heterocycles. The molecule has 0 saturated carbocycles. The van der Waals surface area contributed by atoms with E-state index in [4.69, 9.17) is 26.2 Å². The van der Waals surface area contributed by atoms with Crippen molar-refractivity contribution in [3.63, 3.8) is 0 Å². The number of aliphatic hydroxyl groups is 4. The molecule has 0 bridgehead atoms. The second kappa shape index (κ2) is 4.87. The van der Waals surface area contributed by atoms with Crippen molar-refractivity contribution in [2.24, 2.45) is 0 Å². The van der Waals surface area contributed by atoms with Gasteiger partial charge < -0.3 is 25.2 Å². The van der Waals surface area contributed by atoms with Gasteiger partial charge in [-0.1, -0.05) is 0 Å². The summed E-state index contributed by atoms with van der Waals surface area (Å²) in [4.78, 5) is 20.1. The van der Waals surface area contributed by atoms with Crippen LogP contribution in [0.1, 0.15) is 0 Å². The largest absolute Gasteiger partial charge is 0.387 e. The van der Waals surface area contributed by atoms with E-state index in [2.05, 4.69) is 0 Å². The molecule has 1 radical (unpaired) electrons. The van der Waals surface area contributed by atoms with E-state index in [0.717, 1.165) is 0 Å². The number of hydrogen-bond acceptors (Lipinski definition) is 6. The van der Waals surface area contributed by atoms with Crippen LogP contribution in [0.4, 0.5) is 0 Å². The molecular formula is C6H10NO6. The SMILES string of the molecule is [NH]C(=O)[C@@H](O)[C@@H](O)[C@H](O)[C@@H](O)C=O. The van der Waals surface area contributed by atoms with E-state index in [9.17, 15) is 9.59 Å². The van der Waals surface area contributed by atoms with Crippen molar-refractivity contribution in [2.75, 3.05) is 0 Å². The number of aliphatic hydroxyl groups excluding tert-OH is 4. The molecule has 5 N–H and O–H groups in total. The van der Waals surface area contributed by atoms with Crippen LogP contribution in [-0.2, 0) is 9.59 Å². The van der Waals surface area contributed by atoms with Crippen molar-refractivity contribution in [1.29, 1.82) is 0 Å². The normalized spacial score (nSPS) is 20.0. The van der Waals surface area contributed by atoms with Gasteiger partial charge in [0.05, 0.1) is 0 Å².